The average molecular weight is 385 g/mol. The van der Waals surface area contributed by atoms with Crippen LogP contribution in [0.15, 0.2) is 24.3 Å². The van der Waals surface area contributed by atoms with Crippen LogP contribution in [-0.2, 0) is 21.2 Å². The standard InChI is InChI=1S/C19H29FN2O3S/c1-3-17-9-6-7-13-22(17)19(23)12-15-21(26(2,24)25)14-11-16-8-4-5-10-18(16)20/h4-5,8,10,17H,3,6-7,9,11-15H2,1-2H3. The van der Waals surface area contributed by atoms with Gasteiger partial charge in [-0.15, -0.1) is 0 Å². The number of hydrogen-bond donors (Lipinski definition) is 0. The highest BCUT2D eigenvalue weighted by Crippen LogP contribution is 2.20. The Bertz CT molecular complexity index is 708. The molecule has 0 bridgehead atoms. The quantitative estimate of drug-likeness (QED) is 0.692. The predicted molar refractivity (Wildman–Crippen MR) is 101 cm³/mol. The molecule has 0 aliphatic carbocycles. The van der Waals surface area contributed by atoms with Gasteiger partial charge in [0.25, 0.3) is 0 Å². The molecule has 1 aromatic rings. The van der Waals surface area contributed by atoms with Gasteiger partial charge in [-0.2, -0.15) is 0 Å². The van der Waals surface area contributed by atoms with Gasteiger partial charge in [-0.05, 0) is 43.7 Å². The van der Waals surface area contributed by atoms with Crippen molar-refractivity contribution < 1.29 is 17.6 Å². The second-order valence-corrected chi connectivity index (χ2v) is 8.88. The SMILES string of the molecule is CCC1CCCCN1C(=O)CCN(CCc1ccccc1F)S(C)(=O)=O. The molecule has 1 amide bonds. The topological polar surface area (TPSA) is 57.7 Å². The molecule has 1 atom stereocenters. The predicted octanol–water partition coefficient (Wildman–Crippen LogP) is 2.81. The van der Waals surface area contributed by atoms with Crippen molar-refractivity contribution in [3.05, 3.63) is 35.6 Å². The fourth-order valence-corrected chi connectivity index (χ4v) is 4.35. The van der Waals surface area contributed by atoms with Crippen molar-refractivity contribution in [3.8, 4) is 0 Å². The fraction of sp³-hybridized carbons (Fsp3) is 0.632. The van der Waals surface area contributed by atoms with E-state index in [2.05, 4.69) is 6.92 Å². The average Bonchev–Trinajstić information content (AvgIpc) is 2.61. The Balaban J connectivity index is 1.95. The van der Waals surface area contributed by atoms with Crippen molar-refractivity contribution in [3.63, 3.8) is 0 Å². The molecule has 1 aliphatic rings. The number of carbonyl (C=O) groups excluding carboxylic acids is 1. The van der Waals surface area contributed by atoms with Crippen molar-refractivity contribution >= 4 is 15.9 Å². The summed E-state index contributed by atoms with van der Waals surface area (Å²) in [6.45, 7) is 3.14. The van der Waals surface area contributed by atoms with E-state index in [1.54, 1.807) is 18.2 Å². The molecule has 0 aromatic heterocycles. The molecule has 146 valence electrons. The zero-order chi connectivity index (χ0) is 19.2. The second kappa shape index (κ2) is 9.46. The molecule has 5 nitrogen and oxygen atoms in total. The number of piperidine rings is 1. The number of amides is 1. The van der Waals surface area contributed by atoms with Crippen molar-refractivity contribution in [2.45, 2.75) is 51.5 Å². The lowest BCUT2D eigenvalue weighted by atomic mass is 9.99. The van der Waals surface area contributed by atoms with Gasteiger partial charge in [0.05, 0.1) is 6.26 Å². The van der Waals surface area contributed by atoms with E-state index in [1.165, 1.54) is 10.4 Å². The molecule has 2 rings (SSSR count). The Morgan fingerprint density at radius 3 is 2.65 bits per heavy atom. The largest absolute Gasteiger partial charge is 0.340 e. The van der Waals surface area contributed by atoms with Crippen molar-refractivity contribution in [1.82, 2.24) is 9.21 Å². The van der Waals surface area contributed by atoms with Gasteiger partial charge < -0.3 is 4.90 Å². The molecule has 0 spiro atoms. The van der Waals surface area contributed by atoms with Gasteiger partial charge >= 0.3 is 0 Å². The third-order valence-corrected chi connectivity index (χ3v) is 6.35. The maximum Gasteiger partial charge on any atom is 0.224 e. The number of benzene rings is 1. The summed E-state index contributed by atoms with van der Waals surface area (Å²) in [4.78, 5) is 14.5. The first kappa shape index (κ1) is 20.8. The van der Waals surface area contributed by atoms with Gasteiger partial charge in [0.2, 0.25) is 15.9 Å². The first-order chi connectivity index (χ1) is 12.3. The summed E-state index contributed by atoms with van der Waals surface area (Å²) < 4.78 is 39.1. The van der Waals surface area contributed by atoms with E-state index in [0.29, 0.717) is 5.56 Å². The number of nitrogens with zero attached hydrogens (tertiary/aromatic N) is 2. The van der Waals surface area contributed by atoms with Crippen LogP contribution in [0.1, 0.15) is 44.6 Å². The van der Waals surface area contributed by atoms with Crippen LogP contribution in [-0.4, -0.2) is 55.5 Å². The minimum Gasteiger partial charge on any atom is -0.340 e. The number of sulfonamides is 1. The lowest BCUT2D eigenvalue weighted by Gasteiger charge is -2.35. The molecule has 1 heterocycles. The summed E-state index contributed by atoms with van der Waals surface area (Å²) in [6.07, 6.45) is 5.68. The van der Waals surface area contributed by atoms with E-state index in [9.17, 15) is 17.6 Å². The van der Waals surface area contributed by atoms with E-state index in [4.69, 9.17) is 0 Å². The Labute approximate surface area is 156 Å². The minimum absolute atomic E-state index is 0.0103. The Morgan fingerprint density at radius 1 is 1.27 bits per heavy atom. The molecule has 1 fully saturated rings. The van der Waals surface area contributed by atoms with E-state index in [1.807, 2.05) is 4.90 Å². The summed E-state index contributed by atoms with van der Waals surface area (Å²) in [5.41, 5.74) is 0.481. The summed E-state index contributed by atoms with van der Waals surface area (Å²) in [5, 5.41) is 0. The molecule has 0 radical (unpaired) electrons. The first-order valence-electron chi connectivity index (χ1n) is 9.31. The van der Waals surface area contributed by atoms with Gasteiger partial charge in [0, 0.05) is 32.1 Å². The molecule has 26 heavy (non-hydrogen) atoms. The van der Waals surface area contributed by atoms with Crippen LogP contribution in [0.3, 0.4) is 0 Å². The van der Waals surface area contributed by atoms with Crippen LogP contribution in [0.2, 0.25) is 0 Å². The minimum atomic E-state index is -3.45. The second-order valence-electron chi connectivity index (χ2n) is 6.90. The van der Waals surface area contributed by atoms with Crippen LogP contribution < -0.4 is 0 Å². The molecule has 0 N–H and O–H groups in total. The molecule has 1 aliphatic heterocycles. The van der Waals surface area contributed by atoms with Crippen molar-refractivity contribution in [2.75, 3.05) is 25.9 Å². The zero-order valence-electron chi connectivity index (χ0n) is 15.7. The monoisotopic (exact) mass is 384 g/mol. The van der Waals surface area contributed by atoms with Gasteiger partial charge in [0.1, 0.15) is 5.82 Å². The molecule has 1 unspecified atom stereocenters. The third-order valence-electron chi connectivity index (χ3n) is 5.05. The van der Waals surface area contributed by atoms with E-state index in [-0.39, 0.29) is 43.7 Å². The van der Waals surface area contributed by atoms with Gasteiger partial charge in [-0.25, -0.2) is 17.1 Å². The number of halogens is 1. The van der Waals surface area contributed by atoms with Crippen molar-refractivity contribution in [2.24, 2.45) is 0 Å². The Morgan fingerprint density at radius 2 is 2.00 bits per heavy atom. The number of hydrogen-bond acceptors (Lipinski definition) is 3. The normalized spacial score (nSPS) is 18.3. The lowest BCUT2D eigenvalue weighted by molar-refractivity contribution is -0.135. The Kier molecular flexibility index (Phi) is 7.58. The van der Waals surface area contributed by atoms with Crippen LogP contribution in [0.25, 0.3) is 0 Å². The molecular weight excluding hydrogens is 355 g/mol. The molecular formula is C19H29FN2O3S. The van der Waals surface area contributed by atoms with E-state index >= 15 is 0 Å². The van der Waals surface area contributed by atoms with E-state index in [0.717, 1.165) is 38.5 Å². The third kappa shape index (κ3) is 5.77. The fourth-order valence-electron chi connectivity index (χ4n) is 3.51. The first-order valence-corrected chi connectivity index (χ1v) is 11.2. The van der Waals surface area contributed by atoms with E-state index < -0.39 is 10.0 Å². The summed E-state index contributed by atoms with van der Waals surface area (Å²) in [5.74, 6) is -0.327. The summed E-state index contributed by atoms with van der Waals surface area (Å²) in [7, 11) is -3.45. The van der Waals surface area contributed by atoms with Crippen LogP contribution in [0.5, 0.6) is 0 Å². The smallest absolute Gasteiger partial charge is 0.224 e. The highest BCUT2D eigenvalue weighted by molar-refractivity contribution is 7.88. The number of carbonyl (C=O) groups is 1. The number of likely N-dealkylation sites (tertiary alicyclic amines) is 1. The van der Waals surface area contributed by atoms with Crippen molar-refractivity contribution in [1.29, 1.82) is 0 Å². The van der Waals surface area contributed by atoms with Crippen LogP contribution in [0, 0.1) is 5.82 Å². The lowest BCUT2D eigenvalue weighted by Crippen LogP contribution is -2.45. The Hall–Kier alpha value is -1.47. The highest BCUT2D eigenvalue weighted by Gasteiger charge is 2.26. The molecule has 1 saturated heterocycles. The molecule has 1 aromatic carbocycles. The highest BCUT2D eigenvalue weighted by atomic mass is 32.2. The van der Waals surface area contributed by atoms with Crippen LogP contribution >= 0.6 is 0 Å². The molecule has 7 heteroatoms. The zero-order valence-corrected chi connectivity index (χ0v) is 16.5. The summed E-state index contributed by atoms with van der Waals surface area (Å²) in [6, 6.07) is 6.62. The van der Waals surface area contributed by atoms with Gasteiger partial charge in [0.15, 0.2) is 0 Å². The maximum absolute atomic E-state index is 13.7. The van der Waals surface area contributed by atoms with Crippen LogP contribution in [0.4, 0.5) is 4.39 Å². The number of rotatable bonds is 8. The van der Waals surface area contributed by atoms with Gasteiger partial charge in [-0.1, -0.05) is 25.1 Å². The summed E-state index contributed by atoms with van der Waals surface area (Å²) >= 11 is 0. The maximum atomic E-state index is 13.7. The van der Waals surface area contributed by atoms with Gasteiger partial charge in [-0.3, -0.25) is 4.79 Å². The molecule has 0 saturated carbocycles.